The fraction of sp³-hybridized carbons (Fsp3) is 0.368. The Morgan fingerprint density at radius 2 is 1.86 bits per heavy atom. The lowest BCUT2D eigenvalue weighted by Crippen LogP contribution is -2.15. The van der Waals surface area contributed by atoms with Crippen LogP contribution in [0.15, 0.2) is 48.5 Å². The van der Waals surface area contributed by atoms with Gasteiger partial charge in [-0.3, -0.25) is 4.90 Å². The maximum absolute atomic E-state index is 5.52. The van der Waals surface area contributed by atoms with E-state index >= 15 is 0 Å². The van der Waals surface area contributed by atoms with Crippen LogP contribution in [0.2, 0.25) is 0 Å². The van der Waals surface area contributed by atoms with Crippen molar-refractivity contribution in [1.29, 1.82) is 0 Å². The van der Waals surface area contributed by atoms with Crippen LogP contribution in [0.25, 0.3) is 0 Å². The molecule has 2 aliphatic rings. The largest absolute Gasteiger partial charge is 0.381 e. The summed E-state index contributed by atoms with van der Waals surface area (Å²) in [6.45, 7) is 5.00. The minimum absolute atomic E-state index is 0.610. The molecule has 2 heteroatoms. The highest BCUT2D eigenvalue weighted by Crippen LogP contribution is 2.31. The highest BCUT2D eigenvalue weighted by Gasteiger charge is 2.22. The van der Waals surface area contributed by atoms with Crippen molar-refractivity contribution in [1.82, 2.24) is 4.90 Å². The number of hydrogen-bond donors (Lipinski definition) is 0. The van der Waals surface area contributed by atoms with E-state index in [4.69, 9.17) is 4.74 Å². The first-order valence-electron chi connectivity index (χ1n) is 7.84. The third kappa shape index (κ3) is 2.74. The van der Waals surface area contributed by atoms with Gasteiger partial charge in [-0.2, -0.15) is 0 Å². The van der Waals surface area contributed by atoms with Crippen LogP contribution < -0.4 is 0 Å². The zero-order chi connectivity index (χ0) is 14.1. The zero-order valence-corrected chi connectivity index (χ0v) is 12.3. The second kappa shape index (κ2) is 5.63. The van der Waals surface area contributed by atoms with Gasteiger partial charge in [-0.1, -0.05) is 48.5 Å². The van der Waals surface area contributed by atoms with Crippen molar-refractivity contribution in [2.45, 2.75) is 32.0 Å². The first-order chi connectivity index (χ1) is 10.4. The van der Waals surface area contributed by atoms with E-state index in [9.17, 15) is 0 Å². The normalized spacial score (nSPS) is 21.6. The summed E-state index contributed by atoms with van der Waals surface area (Å²) in [6.07, 6.45) is 1.17. The molecule has 2 aliphatic heterocycles. The third-order valence-corrected chi connectivity index (χ3v) is 4.67. The molecular weight excluding hydrogens is 258 g/mol. The molecule has 1 fully saturated rings. The fourth-order valence-electron chi connectivity index (χ4n) is 3.49. The van der Waals surface area contributed by atoms with Gasteiger partial charge in [0.25, 0.3) is 0 Å². The predicted octanol–water partition coefficient (Wildman–Crippen LogP) is 3.71. The Bertz CT molecular complexity index is 617. The molecule has 108 valence electrons. The van der Waals surface area contributed by atoms with Gasteiger partial charge in [0.05, 0.1) is 6.61 Å². The van der Waals surface area contributed by atoms with E-state index < -0.39 is 0 Å². The Kier molecular flexibility index (Phi) is 3.50. The van der Waals surface area contributed by atoms with E-state index in [-0.39, 0.29) is 0 Å². The number of rotatable bonds is 3. The van der Waals surface area contributed by atoms with Crippen LogP contribution in [0, 0.1) is 0 Å². The monoisotopic (exact) mass is 279 g/mol. The Hall–Kier alpha value is -1.64. The smallest absolute Gasteiger partial charge is 0.0535 e. The molecule has 0 aliphatic carbocycles. The van der Waals surface area contributed by atoms with E-state index in [1.165, 1.54) is 28.7 Å². The minimum Gasteiger partial charge on any atom is -0.381 e. The maximum atomic E-state index is 5.52. The molecule has 0 bridgehead atoms. The van der Waals surface area contributed by atoms with Crippen molar-refractivity contribution in [3.63, 3.8) is 0 Å². The van der Waals surface area contributed by atoms with Crippen LogP contribution in [-0.2, 0) is 24.4 Å². The van der Waals surface area contributed by atoms with Crippen LogP contribution in [0.4, 0.5) is 0 Å². The number of benzene rings is 2. The van der Waals surface area contributed by atoms with Gasteiger partial charge in [0.15, 0.2) is 0 Å². The SMILES string of the molecule is c1ccc(CN2Cc3ccc(C4CCOC4)cc3C2)cc1. The van der Waals surface area contributed by atoms with Gasteiger partial charge in [-0.15, -0.1) is 0 Å². The molecule has 2 aromatic rings. The molecule has 0 spiro atoms. The summed E-state index contributed by atoms with van der Waals surface area (Å²) in [5.41, 5.74) is 5.87. The summed E-state index contributed by atoms with van der Waals surface area (Å²) >= 11 is 0. The van der Waals surface area contributed by atoms with Gasteiger partial charge in [-0.25, -0.2) is 0 Å². The second-order valence-corrected chi connectivity index (χ2v) is 6.22. The summed E-state index contributed by atoms with van der Waals surface area (Å²) in [5.74, 6) is 0.610. The van der Waals surface area contributed by atoms with Gasteiger partial charge in [-0.05, 0) is 28.7 Å². The summed E-state index contributed by atoms with van der Waals surface area (Å²) in [7, 11) is 0. The van der Waals surface area contributed by atoms with Gasteiger partial charge in [0.2, 0.25) is 0 Å². The van der Waals surface area contributed by atoms with Gasteiger partial charge < -0.3 is 4.74 Å². The topological polar surface area (TPSA) is 12.5 Å². The average Bonchev–Trinajstić information content (AvgIpc) is 3.16. The summed E-state index contributed by atoms with van der Waals surface area (Å²) in [5, 5.41) is 0. The number of nitrogens with zero attached hydrogens (tertiary/aromatic N) is 1. The second-order valence-electron chi connectivity index (χ2n) is 6.22. The lowest BCUT2D eigenvalue weighted by Gasteiger charge is -2.14. The molecule has 1 atom stereocenters. The van der Waals surface area contributed by atoms with Gasteiger partial charge >= 0.3 is 0 Å². The molecule has 0 aromatic heterocycles. The molecule has 2 aromatic carbocycles. The Balaban J connectivity index is 1.48. The van der Waals surface area contributed by atoms with Crippen LogP contribution in [0.3, 0.4) is 0 Å². The molecule has 1 saturated heterocycles. The Morgan fingerprint density at radius 3 is 2.67 bits per heavy atom. The zero-order valence-electron chi connectivity index (χ0n) is 12.3. The maximum Gasteiger partial charge on any atom is 0.0535 e. The first-order valence-corrected chi connectivity index (χ1v) is 7.84. The van der Waals surface area contributed by atoms with E-state index in [1.807, 2.05) is 0 Å². The Morgan fingerprint density at radius 1 is 1.00 bits per heavy atom. The van der Waals surface area contributed by atoms with Crippen LogP contribution >= 0.6 is 0 Å². The van der Waals surface area contributed by atoms with Crippen molar-refractivity contribution in [2.75, 3.05) is 13.2 Å². The molecule has 0 radical (unpaired) electrons. The first kappa shape index (κ1) is 13.1. The van der Waals surface area contributed by atoms with Crippen molar-refractivity contribution in [2.24, 2.45) is 0 Å². The molecule has 2 nitrogen and oxygen atoms in total. The van der Waals surface area contributed by atoms with Crippen molar-refractivity contribution >= 4 is 0 Å². The molecule has 0 saturated carbocycles. The van der Waals surface area contributed by atoms with Crippen LogP contribution in [-0.4, -0.2) is 18.1 Å². The minimum atomic E-state index is 0.610. The van der Waals surface area contributed by atoms with Crippen LogP contribution in [0.1, 0.15) is 34.6 Å². The fourth-order valence-corrected chi connectivity index (χ4v) is 3.49. The molecule has 1 unspecified atom stereocenters. The quantitative estimate of drug-likeness (QED) is 0.849. The van der Waals surface area contributed by atoms with Crippen molar-refractivity contribution in [3.8, 4) is 0 Å². The average molecular weight is 279 g/mol. The lowest BCUT2D eigenvalue weighted by atomic mass is 9.95. The van der Waals surface area contributed by atoms with E-state index in [0.29, 0.717) is 5.92 Å². The summed E-state index contributed by atoms with van der Waals surface area (Å²) < 4.78 is 5.52. The molecule has 4 rings (SSSR count). The molecule has 2 heterocycles. The summed E-state index contributed by atoms with van der Waals surface area (Å²) in [4.78, 5) is 2.52. The van der Waals surface area contributed by atoms with Crippen LogP contribution in [0.5, 0.6) is 0 Å². The van der Waals surface area contributed by atoms with E-state index in [0.717, 1.165) is 32.8 Å². The molecular formula is C19H21NO. The highest BCUT2D eigenvalue weighted by molar-refractivity contribution is 5.36. The number of ether oxygens (including phenoxy) is 1. The molecule has 0 N–H and O–H groups in total. The van der Waals surface area contributed by atoms with Crippen molar-refractivity contribution < 1.29 is 4.74 Å². The Labute approximate surface area is 126 Å². The number of hydrogen-bond acceptors (Lipinski definition) is 2. The lowest BCUT2D eigenvalue weighted by molar-refractivity contribution is 0.194. The predicted molar refractivity (Wildman–Crippen MR) is 84.0 cm³/mol. The van der Waals surface area contributed by atoms with Gasteiger partial charge in [0, 0.05) is 32.2 Å². The standard InChI is InChI=1S/C19H21NO/c1-2-4-15(5-3-1)11-20-12-17-7-6-16(10-19(17)13-20)18-8-9-21-14-18/h1-7,10,18H,8-9,11-14H2. The number of fused-ring (bicyclic) bond motifs is 1. The van der Waals surface area contributed by atoms with Gasteiger partial charge in [0.1, 0.15) is 0 Å². The van der Waals surface area contributed by atoms with E-state index in [1.54, 1.807) is 0 Å². The van der Waals surface area contributed by atoms with Crippen molar-refractivity contribution in [3.05, 3.63) is 70.8 Å². The highest BCUT2D eigenvalue weighted by atomic mass is 16.5. The molecule has 0 amide bonds. The third-order valence-electron chi connectivity index (χ3n) is 4.67. The van der Waals surface area contributed by atoms with E-state index in [2.05, 4.69) is 53.4 Å². The molecule has 21 heavy (non-hydrogen) atoms. The summed E-state index contributed by atoms with van der Waals surface area (Å²) in [6, 6.07) is 17.8.